The maximum absolute atomic E-state index is 11.2. The molecule has 0 aromatic rings. The predicted octanol–water partition coefficient (Wildman–Crippen LogP) is -0.353. The summed E-state index contributed by atoms with van der Waals surface area (Å²) in [5.74, 6) is -0.472. The summed E-state index contributed by atoms with van der Waals surface area (Å²) >= 11 is 0. The van der Waals surface area contributed by atoms with E-state index in [1.807, 2.05) is 0 Å². The Bertz CT molecular complexity index is 335. The average molecular weight is 211 g/mol. The third kappa shape index (κ3) is 3.16. The molecule has 0 atom stereocenters. The molecule has 6 heteroatoms. The number of Topliss-reactive ketones (excluding diaryl/α,β-unsaturated/α-hetero) is 1. The van der Waals surface area contributed by atoms with Crippen LogP contribution in [0.1, 0.15) is 26.7 Å². The number of hydrogen-bond donors (Lipinski definition) is 1. The lowest BCUT2D eigenvalue weighted by Gasteiger charge is -2.05. The van der Waals surface area contributed by atoms with Crippen LogP contribution in [0.3, 0.4) is 0 Å². The van der Waals surface area contributed by atoms with Gasteiger partial charge in [0.25, 0.3) is 0 Å². The standard InChI is InChI=1S/C9H13N3O3/c1-3-12-9(15)5-7(11-12)10-8(14)4-6(2)13/h3-5H2,1-2H3,(H,10,11,14). The molecular formula is C9H13N3O3. The molecular weight excluding hydrogens is 198 g/mol. The van der Waals surface area contributed by atoms with E-state index in [2.05, 4.69) is 10.4 Å². The second kappa shape index (κ2) is 4.68. The summed E-state index contributed by atoms with van der Waals surface area (Å²) in [7, 11) is 0. The first-order valence-corrected chi connectivity index (χ1v) is 4.70. The van der Waals surface area contributed by atoms with Gasteiger partial charge in [0.05, 0.1) is 12.8 Å². The van der Waals surface area contributed by atoms with Crippen molar-refractivity contribution in [2.24, 2.45) is 5.10 Å². The number of nitrogens with one attached hydrogen (secondary N) is 1. The molecule has 1 rings (SSSR count). The molecule has 0 saturated heterocycles. The average Bonchev–Trinajstić information content (AvgIpc) is 2.44. The van der Waals surface area contributed by atoms with Crippen molar-refractivity contribution < 1.29 is 14.4 Å². The van der Waals surface area contributed by atoms with E-state index in [9.17, 15) is 14.4 Å². The first kappa shape index (κ1) is 11.4. The van der Waals surface area contributed by atoms with Gasteiger partial charge in [-0.15, -0.1) is 0 Å². The van der Waals surface area contributed by atoms with Gasteiger partial charge >= 0.3 is 0 Å². The molecule has 0 fully saturated rings. The smallest absolute Gasteiger partial charge is 0.250 e. The van der Waals surface area contributed by atoms with Gasteiger partial charge in [-0.1, -0.05) is 0 Å². The summed E-state index contributed by atoms with van der Waals surface area (Å²) in [4.78, 5) is 33.0. The zero-order valence-corrected chi connectivity index (χ0v) is 8.74. The van der Waals surface area contributed by atoms with Crippen molar-refractivity contribution in [3.63, 3.8) is 0 Å². The molecule has 0 unspecified atom stereocenters. The Morgan fingerprint density at radius 3 is 2.67 bits per heavy atom. The molecule has 2 amide bonds. The number of hydrazone groups is 1. The second-order valence-electron chi connectivity index (χ2n) is 3.26. The Morgan fingerprint density at radius 2 is 2.20 bits per heavy atom. The molecule has 1 aliphatic heterocycles. The highest BCUT2D eigenvalue weighted by Gasteiger charge is 2.23. The quantitative estimate of drug-likeness (QED) is 0.648. The van der Waals surface area contributed by atoms with E-state index in [0.717, 1.165) is 0 Å². The van der Waals surface area contributed by atoms with Crippen molar-refractivity contribution in [2.75, 3.05) is 6.54 Å². The number of hydrogen-bond acceptors (Lipinski definition) is 4. The molecule has 0 aliphatic carbocycles. The van der Waals surface area contributed by atoms with Gasteiger partial charge in [-0.05, 0) is 13.8 Å². The predicted molar refractivity (Wildman–Crippen MR) is 52.9 cm³/mol. The fraction of sp³-hybridized carbons (Fsp3) is 0.556. The Morgan fingerprint density at radius 1 is 1.53 bits per heavy atom. The molecule has 15 heavy (non-hydrogen) atoms. The first-order chi connectivity index (χ1) is 7.02. The van der Waals surface area contributed by atoms with Crippen LogP contribution in [0.15, 0.2) is 5.10 Å². The first-order valence-electron chi connectivity index (χ1n) is 4.70. The lowest BCUT2D eigenvalue weighted by Crippen LogP contribution is -2.30. The highest BCUT2D eigenvalue weighted by Crippen LogP contribution is 2.05. The molecule has 0 aromatic carbocycles. The number of rotatable bonds is 3. The minimum Gasteiger partial charge on any atom is -0.312 e. The summed E-state index contributed by atoms with van der Waals surface area (Å²) < 4.78 is 0. The monoisotopic (exact) mass is 211 g/mol. The van der Waals surface area contributed by atoms with E-state index in [-0.39, 0.29) is 24.5 Å². The van der Waals surface area contributed by atoms with Gasteiger partial charge in [0, 0.05) is 6.54 Å². The normalized spacial score (nSPS) is 15.2. The van der Waals surface area contributed by atoms with Crippen LogP contribution in [0.25, 0.3) is 0 Å². The van der Waals surface area contributed by atoms with E-state index in [1.165, 1.54) is 11.9 Å². The van der Waals surface area contributed by atoms with Crippen molar-refractivity contribution >= 4 is 23.4 Å². The summed E-state index contributed by atoms with van der Waals surface area (Å²) in [5, 5.41) is 7.61. The van der Waals surface area contributed by atoms with Gasteiger partial charge in [0.15, 0.2) is 0 Å². The molecule has 0 saturated carbocycles. The largest absolute Gasteiger partial charge is 0.312 e. The summed E-state index contributed by atoms with van der Waals surface area (Å²) in [6.45, 7) is 3.60. The van der Waals surface area contributed by atoms with Gasteiger partial charge in [-0.25, -0.2) is 5.01 Å². The molecule has 1 aliphatic rings. The molecule has 1 N–H and O–H groups in total. The van der Waals surface area contributed by atoms with Crippen molar-refractivity contribution in [1.82, 2.24) is 10.3 Å². The van der Waals surface area contributed by atoms with Crippen molar-refractivity contribution in [1.29, 1.82) is 0 Å². The van der Waals surface area contributed by atoms with Crippen LogP contribution in [0.2, 0.25) is 0 Å². The van der Waals surface area contributed by atoms with Crippen LogP contribution in [0.4, 0.5) is 0 Å². The van der Waals surface area contributed by atoms with Crippen molar-refractivity contribution in [3.8, 4) is 0 Å². The number of carbonyl (C=O) groups is 3. The fourth-order valence-corrected chi connectivity index (χ4v) is 1.22. The summed E-state index contributed by atoms with van der Waals surface area (Å²) in [6.07, 6.45) is -0.0865. The maximum Gasteiger partial charge on any atom is 0.250 e. The molecule has 1 heterocycles. The zero-order chi connectivity index (χ0) is 11.4. The molecule has 6 nitrogen and oxygen atoms in total. The molecule has 0 aromatic heterocycles. The van der Waals surface area contributed by atoms with Crippen LogP contribution < -0.4 is 5.32 Å². The minimum absolute atomic E-state index is 0.0947. The number of amidine groups is 1. The van der Waals surface area contributed by atoms with E-state index in [0.29, 0.717) is 12.4 Å². The van der Waals surface area contributed by atoms with Crippen LogP contribution in [0.5, 0.6) is 0 Å². The van der Waals surface area contributed by atoms with Gasteiger partial charge in [0.2, 0.25) is 11.8 Å². The maximum atomic E-state index is 11.2. The zero-order valence-electron chi connectivity index (χ0n) is 8.74. The lowest BCUT2D eigenvalue weighted by molar-refractivity contribution is -0.128. The Labute approximate surface area is 87.3 Å². The van der Waals surface area contributed by atoms with Crippen LogP contribution in [-0.2, 0) is 14.4 Å². The summed E-state index contributed by atoms with van der Waals surface area (Å²) in [5.41, 5.74) is 0. The fourth-order valence-electron chi connectivity index (χ4n) is 1.22. The number of amides is 2. The Hall–Kier alpha value is -1.72. The third-order valence-electron chi connectivity index (χ3n) is 1.84. The second-order valence-corrected chi connectivity index (χ2v) is 3.26. The highest BCUT2D eigenvalue weighted by molar-refractivity contribution is 6.12. The van der Waals surface area contributed by atoms with E-state index in [4.69, 9.17) is 0 Å². The van der Waals surface area contributed by atoms with E-state index >= 15 is 0 Å². The molecule has 0 spiro atoms. The molecule has 0 bridgehead atoms. The topological polar surface area (TPSA) is 78.8 Å². The van der Waals surface area contributed by atoms with Gasteiger partial charge < -0.3 is 5.32 Å². The summed E-state index contributed by atoms with van der Waals surface area (Å²) in [6, 6.07) is 0. The number of ketones is 1. The Kier molecular flexibility index (Phi) is 3.54. The Balaban J connectivity index is 2.50. The van der Waals surface area contributed by atoms with Crippen LogP contribution in [-0.4, -0.2) is 35.0 Å². The van der Waals surface area contributed by atoms with Gasteiger partial charge in [-0.3, -0.25) is 14.4 Å². The highest BCUT2D eigenvalue weighted by atomic mass is 16.2. The lowest BCUT2D eigenvalue weighted by atomic mass is 10.3. The third-order valence-corrected chi connectivity index (χ3v) is 1.84. The van der Waals surface area contributed by atoms with Gasteiger partial charge in [-0.2, -0.15) is 5.10 Å². The minimum atomic E-state index is -0.424. The van der Waals surface area contributed by atoms with Gasteiger partial charge in [0.1, 0.15) is 11.6 Å². The van der Waals surface area contributed by atoms with E-state index < -0.39 is 5.91 Å². The van der Waals surface area contributed by atoms with Crippen LogP contribution >= 0.6 is 0 Å². The van der Waals surface area contributed by atoms with Crippen molar-refractivity contribution in [3.05, 3.63) is 0 Å². The molecule has 0 radical (unpaired) electrons. The SMILES string of the molecule is CCN1N=C(NC(=O)CC(C)=O)CC1=O. The van der Waals surface area contributed by atoms with E-state index in [1.54, 1.807) is 6.92 Å². The number of nitrogens with zero attached hydrogens (tertiary/aromatic N) is 2. The number of carbonyl (C=O) groups excluding carboxylic acids is 3. The molecule has 82 valence electrons. The van der Waals surface area contributed by atoms with Crippen LogP contribution in [0, 0.1) is 0 Å². The van der Waals surface area contributed by atoms with Crippen molar-refractivity contribution in [2.45, 2.75) is 26.7 Å².